The fourth-order valence-electron chi connectivity index (χ4n) is 3.49. The zero-order valence-electron chi connectivity index (χ0n) is 16.8. The molecule has 0 N–H and O–H groups in total. The molecule has 0 saturated carbocycles. The zero-order chi connectivity index (χ0) is 22.3. The first-order chi connectivity index (χ1) is 15.4. The van der Waals surface area contributed by atoms with Gasteiger partial charge in [-0.25, -0.2) is 13.2 Å². The van der Waals surface area contributed by atoms with Gasteiger partial charge in [-0.05, 0) is 48.2 Å². The van der Waals surface area contributed by atoms with E-state index in [0.29, 0.717) is 46.9 Å². The van der Waals surface area contributed by atoms with Crippen molar-refractivity contribution in [1.82, 2.24) is 0 Å². The number of thioether (sulfide) groups is 1. The maximum absolute atomic E-state index is 12.5. The molecule has 0 aliphatic carbocycles. The number of Topliss-reactive ketones (excluding diaryl/α,β-unsaturated/α-hetero) is 1. The van der Waals surface area contributed by atoms with Crippen LogP contribution in [0.3, 0.4) is 0 Å². The molecule has 3 aliphatic rings. The third-order valence-electron chi connectivity index (χ3n) is 5.11. The van der Waals surface area contributed by atoms with Crippen molar-refractivity contribution >= 4 is 44.4 Å². The van der Waals surface area contributed by atoms with Gasteiger partial charge in [0, 0.05) is 23.4 Å². The highest BCUT2D eigenvalue weighted by Gasteiger charge is 2.33. The molecule has 0 aromatic heterocycles. The molecule has 9 nitrogen and oxygen atoms in total. The van der Waals surface area contributed by atoms with Crippen LogP contribution in [0.4, 0.5) is 5.69 Å². The van der Waals surface area contributed by atoms with E-state index in [9.17, 15) is 18.0 Å². The molecule has 0 fully saturated rings. The van der Waals surface area contributed by atoms with Crippen LogP contribution in [0.1, 0.15) is 27.1 Å². The first-order valence-electron chi connectivity index (χ1n) is 9.92. The summed E-state index contributed by atoms with van der Waals surface area (Å²) in [5, 5.41) is 0.376. The number of esters is 1. The lowest BCUT2D eigenvalue weighted by atomic mass is 10.1. The highest BCUT2D eigenvalue weighted by atomic mass is 32.2. The number of ether oxygens (including phenoxy) is 3. The van der Waals surface area contributed by atoms with E-state index in [-0.39, 0.29) is 17.1 Å². The Morgan fingerprint density at radius 3 is 2.69 bits per heavy atom. The number of carbonyl (C=O) groups is 2. The summed E-state index contributed by atoms with van der Waals surface area (Å²) in [6.07, 6.45) is 0.759. The summed E-state index contributed by atoms with van der Waals surface area (Å²) in [6.45, 7) is 0.957. The Balaban J connectivity index is 1.26. The van der Waals surface area contributed by atoms with Gasteiger partial charge in [-0.1, -0.05) is 0 Å². The average Bonchev–Trinajstić information content (AvgIpc) is 2.95. The third kappa shape index (κ3) is 4.05. The minimum Gasteiger partial charge on any atom is -0.490 e. The highest BCUT2D eigenvalue weighted by Crippen LogP contribution is 2.42. The molecule has 2 aromatic rings. The van der Waals surface area contributed by atoms with Gasteiger partial charge in [0.2, 0.25) is 0 Å². The van der Waals surface area contributed by atoms with Gasteiger partial charge in [-0.2, -0.15) is 0 Å². The van der Waals surface area contributed by atoms with Crippen LogP contribution in [0.2, 0.25) is 0 Å². The lowest BCUT2D eigenvalue weighted by molar-refractivity contribution is 0.0474. The zero-order valence-corrected chi connectivity index (χ0v) is 18.4. The van der Waals surface area contributed by atoms with Gasteiger partial charge in [0.25, 0.3) is 10.0 Å². The number of ketones is 1. The van der Waals surface area contributed by atoms with Crippen LogP contribution in [0.15, 0.2) is 45.7 Å². The van der Waals surface area contributed by atoms with Gasteiger partial charge < -0.3 is 19.1 Å². The topological polar surface area (TPSA) is 112 Å². The molecule has 0 atom stereocenters. The molecule has 11 heteroatoms. The molecule has 0 bridgehead atoms. The van der Waals surface area contributed by atoms with E-state index in [1.54, 1.807) is 36.4 Å². The summed E-state index contributed by atoms with van der Waals surface area (Å²) in [7, 11) is -3.45. The number of fused-ring (bicyclic) bond motifs is 4. The predicted octanol–water partition coefficient (Wildman–Crippen LogP) is 2.50. The molecule has 32 heavy (non-hydrogen) atoms. The van der Waals surface area contributed by atoms with E-state index in [2.05, 4.69) is 4.40 Å². The first-order valence-corrected chi connectivity index (χ1v) is 12.3. The van der Waals surface area contributed by atoms with Crippen LogP contribution in [-0.4, -0.2) is 57.5 Å². The van der Waals surface area contributed by atoms with Crippen molar-refractivity contribution in [3.05, 3.63) is 47.5 Å². The quantitative estimate of drug-likeness (QED) is 0.487. The Bertz CT molecular complexity index is 1260. The summed E-state index contributed by atoms with van der Waals surface area (Å²) >= 11 is 1.19. The number of hydrogen-bond donors (Lipinski definition) is 0. The number of hydrogen-bond acceptors (Lipinski definition) is 9. The van der Waals surface area contributed by atoms with Crippen molar-refractivity contribution < 1.29 is 32.2 Å². The Labute approximate surface area is 188 Å². The maximum atomic E-state index is 12.5. The van der Waals surface area contributed by atoms with Crippen LogP contribution in [-0.2, 0) is 14.8 Å². The lowest BCUT2D eigenvalue weighted by Gasteiger charge is -2.22. The number of sulfonamides is 1. The SMILES string of the molecule is O=C(COC(=O)c1ccc2c(c1)SC1=NS(=O)(=O)CCN12)c1ccc2c(c1)OCCCO2. The van der Waals surface area contributed by atoms with E-state index in [1.165, 1.54) is 11.8 Å². The summed E-state index contributed by atoms with van der Waals surface area (Å²) in [4.78, 5) is 27.5. The molecule has 0 spiro atoms. The van der Waals surface area contributed by atoms with Crippen LogP contribution >= 0.6 is 11.8 Å². The Morgan fingerprint density at radius 1 is 1.06 bits per heavy atom. The molecule has 0 saturated heterocycles. The lowest BCUT2D eigenvalue weighted by Crippen LogP contribution is -2.35. The van der Waals surface area contributed by atoms with E-state index in [0.717, 1.165) is 12.1 Å². The van der Waals surface area contributed by atoms with Crippen molar-refractivity contribution in [2.24, 2.45) is 4.40 Å². The van der Waals surface area contributed by atoms with Gasteiger partial charge in [0.1, 0.15) is 0 Å². The fourth-order valence-corrected chi connectivity index (χ4v) is 5.79. The number of carbonyl (C=O) groups excluding carboxylic acids is 2. The van der Waals surface area contributed by atoms with E-state index in [4.69, 9.17) is 14.2 Å². The van der Waals surface area contributed by atoms with Crippen molar-refractivity contribution in [1.29, 1.82) is 0 Å². The summed E-state index contributed by atoms with van der Waals surface area (Å²) < 4.78 is 43.6. The Hall–Kier alpha value is -3.05. The molecular weight excluding hydrogens is 456 g/mol. The second-order valence-corrected chi connectivity index (χ2v) is 10.1. The van der Waals surface area contributed by atoms with Crippen molar-refractivity contribution in [2.75, 3.05) is 37.0 Å². The van der Waals surface area contributed by atoms with Crippen LogP contribution < -0.4 is 14.4 Å². The number of rotatable bonds is 4. The van der Waals surface area contributed by atoms with E-state index < -0.39 is 22.6 Å². The normalized spacial score (nSPS) is 18.1. The smallest absolute Gasteiger partial charge is 0.338 e. The fraction of sp³-hybridized carbons (Fsp3) is 0.286. The molecule has 2 aromatic carbocycles. The number of anilines is 1. The standard InChI is InChI=1S/C21H18N2O7S2/c24-16(13-3-5-17-18(10-13)29-8-1-7-28-17)12-30-20(25)14-2-4-15-19(11-14)31-21-22-32(26,27)9-6-23(15)21/h2-5,10-11H,1,6-9,12H2. The first kappa shape index (κ1) is 20.8. The molecule has 0 unspecified atom stereocenters. The second kappa shape index (κ2) is 8.14. The molecule has 5 rings (SSSR count). The number of benzene rings is 2. The van der Waals surface area contributed by atoms with Gasteiger partial charge in [0.15, 0.2) is 29.1 Å². The van der Waals surface area contributed by atoms with E-state index >= 15 is 0 Å². The highest BCUT2D eigenvalue weighted by molar-refractivity contribution is 8.15. The average molecular weight is 475 g/mol. The molecule has 0 radical (unpaired) electrons. The molecule has 3 aliphatic heterocycles. The van der Waals surface area contributed by atoms with Crippen LogP contribution in [0.25, 0.3) is 0 Å². The predicted molar refractivity (Wildman–Crippen MR) is 118 cm³/mol. The van der Waals surface area contributed by atoms with Gasteiger partial charge in [-0.3, -0.25) is 4.79 Å². The van der Waals surface area contributed by atoms with E-state index in [1.807, 2.05) is 4.90 Å². The minimum absolute atomic E-state index is 0.0533. The van der Waals surface area contributed by atoms with Gasteiger partial charge in [-0.15, -0.1) is 4.40 Å². The Kier molecular flexibility index (Phi) is 5.30. The van der Waals surface area contributed by atoms with Gasteiger partial charge in [0.05, 0.1) is 30.2 Å². The third-order valence-corrected chi connectivity index (χ3v) is 7.42. The Morgan fingerprint density at radius 2 is 1.84 bits per heavy atom. The summed E-state index contributed by atoms with van der Waals surface area (Å²) in [6, 6.07) is 9.81. The molecular formula is C21H18N2O7S2. The van der Waals surface area contributed by atoms with Crippen molar-refractivity contribution in [2.45, 2.75) is 11.3 Å². The van der Waals surface area contributed by atoms with Crippen molar-refractivity contribution in [3.8, 4) is 11.5 Å². The number of amidine groups is 1. The minimum atomic E-state index is -3.45. The maximum Gasteiger partial charge on any atom is 0.338 e. The molecule has 166 valence electrons. The van der Waals surface area contributed by atoms with Crippen LogP contribution in [0, 0.1) is 0 Å². The monoisotopic (exact) mass is 474 g/mol. The molecule has 3 heterocycles. The largest absolute Gasteiger partial charge is 0.490 e. The molecule has 0 amide bonds. The van der Waals surface area contributed by atoms with Gasteiger partial charge >= 0.3 is 5.97 Å². The summed E-state index contributed by atoms with van der Waals surface area (Å²) in [5.74, 6) is 0.0243. The second-order valence-electron chi connectivity index (χ2n) is 7.31. The summed E-state index contributed by atoms with van der Waals surface area (Å²) in [5.41, 5.74) is 1.43. The van der Waals surface area contributed by atoms with Crippen molar-refractivity contribution in [3.63, 3.8) is 0 Å². The van der Waals surface area contributed by atoms with Crippen LogP contribution in [0.5, 0.6) is 11.5 Å². The number of nitrogens with zero attached hydrogens (tertiary/aromatic N) is 2.